The predicted molar refractivity (Wildman–Crippen MR) is 92.4 cm³/mol. The lowest BCUT2D eigenvalue weighted by Crippen LogP contribution is -2.29. The molecule has 0 aliphatic heterocycles. The third-order valence-corrected chi connectivity index (χ3v) is 4.08. The number of anilines is 1. The first-order valence-electron chi connectivity index (χ1n) is 6.62. The molecular weight excluding hydrogens is 405 g/mol. The Balaban J connectivity index is 2.17. The maximum absolute atomic E-state index is 13.3. The highest BCUT2D eigenvalue weighted by atomic mass is 79.9. The van der Waals surface area contributed by atoms with E-state index in [1.54, 1.807) is 0 Å². The van der Waals surface area contributed by atoms with Crippen molar-refractivity contribution in [1.29, 1.82) is 0 Å². The lowest BCUT2D eigenvalue weighted by atomic mass is 10.3. The lowest BCUT2D eigenvalue weighted by molar-refractivity contribution is 0.234. The Kier molecular flexibility index (Phi) is 6.93. The minimum Gasteiger partial charge on any atom is -0.364 e. The van der Waals surface area contributed by atoms with Gasteiger partial charge in [0.15, 0.2) is 11.5 Å². The zero-order valence-electron chi connectivity index (χ0n) is 12.5. The topological polar surface area (TPSA) is 125 Å². The summed E-state index contributed by atoms with van der Waals surface area (Å²) >= 11 is 4.45. The van der Waals surface area contributed by atoms with Crippen molar-refractivity contribution in [2.24, 2.45) is 10.8 Å². The van der Waals surface area contributed by atoms with E-state index in [4.69, 9.17) is 5.84 Å². The first-order valence-corrected chi connectivity index (χ1v) is 8.59. The number of hydrogen-bond donors (Lipinski definition) is 4. The Bertz CT molecular complexity index is 714. The summed E-state index contributed by atoms with van der Waals surface area (Å²) in [5.74, 6) is 5.51. The molecule has 12 heteroatoms. The highest BCUT2D eigenvalue weighted by Crippen LogP contribution is 2.23. The minimum atomic E-state index is -0.418. The van der Waals surface area contributed by atoms with E-state index in [1.165, 1.54) is 34.6 Å². The van der Waals surface area contributed by atoms with E-state index < -0.39 is 5.82 Å². The van der Waals surface area contributed by atoms with Gasteiger partial charge >= 0.3 is 0 Å². The summed E-state index contributed by atoms with van der Waals surface area (Å²) < 4.78 is 19.7. The zero-order chi connectivity index (χ0) is 17.5. The molecule has 0 fully saturated rings. The first-order chi connectivity index (χ1) is 11.5. The third kappa shape index (κ3) is 4.88. The van der Waals surface area contributed by atoms with Crippen LogP contribution in [-0.4, -0.2) is 45.1 Å². The zero-order valence-corrected chi connectivity index (χ0v) is 14.9. The number of halogens is 2. The maximum Gasteiger partial charge on any atom is 0.202 e. The van der Waals surface area contributed by atoms with Crippen LogP contribution in [0.25, 0.3) is 0 Å². The Labute approximate surface area is 149 Å². The van der Waals surface area contributed by atoms with E-state index in [0.29, 0.717) is 18.8 Å². The van der Waals surface area contributed by atoms with Gasteiger partial charge in [-0.15, -0.1) is 0 Å². The molecule has 0 aliphatic carbocycles. The molecular formula is C12H15BrFN7O2S. The summed E-state index contributed by atoms with van der Waals surface area (Å²) in [6, 6.07) is 4.15. The fraction of sp³-hybridized carbons (Fsp3) is 0.250. The van der Waals surface area contributed by atoms with Crippen molar-refractivity contribution in [3.8, 4) is 0 Å². The number of rotatable bonds is 7. The number of aromatic nitrogens is 2. The van der Waals surface area contributed by atoms with Crippen LogP contribution in [0.3, 0.4) is 0 Å². The van der Waals surface area contributed by atoms with Crippen molar-refractivity contribution in [3.63, 3.8) is 0 Å². The van der Waals surface area contributed by atoms with Gasteiger partial charge in [-0.2, -0.15) is 4.41 Å². The number of hydroxylamine groups is 1. The van der Waals surface area contributed by atoms with Crippen LogP contribution in [0.1, 0.15) is 5.69 Å². The fourth-order valence-electron chi connectivity index (χ4n) is 1.65. The summed E-state index contributed by atoms with van der Waals surface area (Å²) in [6.45, 7) is 1.01. The number of benzene rings is 1. The van der Waals surface area contributed by atoms with Crippen molar-refractivity contribution in [1.82, 2.24) is 20.2 Å². The second-order valence-corrected chi connectivity index (χ2v) is 6.07. The standard InChI is InChI=1S/C12H15BrFN7O2S/c1-24-21(15)5-4-16-11-10(19-23-20-11)12(18-22)17-7-2-3-9(14)8(13)6-7/h2-3,6,22H,4-5,15H2,1H3,(H,16,20)(H,17,18). The number of amidine groups is 1. The van der Waals surface area contributed by atoms with Gasteiger partial charge in [0.1, 0.15) is 5.82 Å². The number of nitrogens with zero attached hydrogens (tertiary/aromatic N) is 4. The van der Waals surface area contributed by atoms with Crippen LogP contribution in [0.4, 0.5) is 15.9 Å². The van der Waals surface area contributed by atoms with E-state index in [0.717, 1.165) is 0 Å². The van der Waals surface area contributed by atoms with Gasteiger partial charge in [0.05, 0.1) is 10.2 Å². The van der Waals surface area contributed by atoms with Crippen LogP contribution in [0.5, 0.6) is 0 Å². The van der Waals surface area contributed by atoms with E-state index in [-0.39, 0.29) is 21.8 Å². The molecule has 0 spiro atoms. The average molecular weight is 420 g/mol. The molecule has 24 heavy (non-hydrogen) atoms. The summed E-state index contributed by atoms with van der Waals surface area (Å²) in [6.07, 6.45) is 1.85. The van der Waals surface area contributed by atoms with Gasteiger partial charge in [-0.1, -0.05) is 11.9 Å². The van der Waals surface area contributed by atoms with Crippen LogP contribution in [0.15, 0.2) is 32.3 Å². The van der Waals surface area contributed by atoms with Gasteiger partial charge in [0, 0.05) is 13.1 Å². The van der Waals surface area contributed by atoms with Crippen LogP contribution >= 0.6 is 27.9 Å². The molecule has 130 valence electrons. The molecule has 1 aromatic carbocycles. The monoisotopic (exact) mass is 419 g/mol. The van der Waals surface area contributed by atoms with Crippen molar-refractivity contribution in [2.75, 3.05) is 24.7 Å². The fourth-order valence-corrected chi connectivity index (χ4v) is 2.29. The van der Waals surface area contributed by atoms with Gasteiger partial charge in [-0.25, -0.2) is 14.0 Å². The molecule has 5 N–H and O–H groups in total. The number of hydrogen-bond acceptors (Lipinski definition) is 9. The Morgan fingerprint density at radius 3 is 3.00 bits per heavy atom. The molecule has 2 aromatic rings. The SMILES string of the molecule is CSN(N)CCNc1nonc1C(=Nc1ccc(F)c(Br)c1)NO. The lowest BCUT2D eigenvalue weighted by Gasteiger charge is -2.12. The minimum absolute atomic E-state index is 0.00766. The third-order valence-electron chi connectivity index (χ3n) is 2.82. The number of nitrogens with two attached hydrogens (primary N) is 1. The van der Waals surface area contributed by atoms with Gasteiger partial charge in [0.25, 0.3) is 0 Å². The molecule has 0 bridgehead atoms. The highest BCUT2D eigenvalue weighted by molar-refractivity contribution is 9.10. The van der Waals surface area contributed by atoms with E-state index >= 15 is 0 Å². The summed E-state index contributed by atoms with van der Waals surface area (Å²) in [7, 11) is 0. The van der Waals surface area contributed by atoms with Gasteiger partial charge < -0.3 is 5.32 Å². The van der Waals surface area contributed by atoms with Gasteiger partial charge in [0.2, 0.25) is 5.82 Å². The van der Waals surface area contributed by atoms with Crippen molar-refractivity contribution in [2.45, 2.75) is 0 Å². The van der Waals surface area contributed by atoms with Crippen molar-refractivity contribution < 1.29 is 14.2 Å². The van der Waals surface area contributed by atoms with Crippen molar-refractivity contribution >= 4 is 45.2 Å². The Morgan fingerprint density at radius 1 is 1.54 bits per heavy atom. The highest BCUT2D eigenvalue weighted by Gasteiger charge is 2.16. The number of nitrogens with one attached hydrogen (secondary N) is 2. The van der Waals surface area contributed by atoms with Crippen LogP contribution in [0, 0.1) is 5.82 Å². The molecule has 0 radical (unpaired) electrons. The largest absolute Gasteiger partial charge is 0.364 e. The molecule has 0 saturated heterocycles. The molecule has 9 nitrogen and oxygen atoms in total. The van der Waals surface area contributed by atoms with Crippen LogP contribution in [-0.2, 0) is 0 Å². The Morgan fingerprint density at radius 2 is 2.33 bits per heavy atom. The predicted octanol–water partition coefficient (Wildman–Crippen LogP) is 1.89. The summed E-state index contributed by atoms with van der Waals surface area (Å²) in [4.78, 5) is 4.16. The number of aliphatic imine (C=N–C) groups is 1. The Hall–Kier alpha value is -1.73. The molecule has 0 unspecified atom stereocenters. The van der Waals surface area contributed by atoms with E-state index in [1.807, 2.05) is 11.7 Å². The van der Waals surface area contributed by atoms with Gasteiger partial charge in [-0.05, 0) is 50.7 Å². The molecule has 0 amide bonds. The molecule has 2 rings (SSSR count). The van der Waals surface area contributed by atoms with E-state index in [2.05, 4.69) is 41.2 Å². The van der Waals surface area contributed by atoms with Crippen molar-refractivity contribution in [3.05, 3.63) is 34.2 Å². The summed E-state index contributed by atoms with van der Waals surface area (Å²) in [5.41, 5.74) is 2.50. The normalized spacial score (nSPS) is 11.8. The second-order valence-electron chi connectivity index (χ2n) is 4.38. The molecule has 0 aliphatic rings. The number of hydrazine groups is 1. The summed E-state index contributed by atoms with van der Waals surface area (Å²) in [5, 5.41) is 19.7. The first kappa shape index (κ1) is 18.6. The van der Waals surface area contributed by atoms with Crippen LogP contribution < -0.4 is 16.6 Å². The van der Waals surface area contributed by atoms with Crippen LogP contribution in [0.2, 0.25) is 0 Å². The van der Waals surface area contributed by atoms with Gasteiger partial charge in [-0.3, -0.25) is 16.5 Å². The smallest absolute Gasteiger partial charge is 0.202 e. The molecule has 1 heterocycles. The molecule has 1 aromatic heterocycles. The maximum atomic E-state index is 13.3. The van der Waals surface area contributed by atoms with E-state index in [9.17, 15) is 9.60 Å². The quantitative estimate of drug-likeness (QED) is 0.175. The average Bonchev–Trinajstić information content (AvgIpc) is 3.04. The molecule has 0 atom stereocenters. The second kappa shape index (κ2) is 8.94. The molecule has 0 saturated carbocycles.